The van der Waals surface area contributed by atoms with Crippen LogP contribution in [0.3, 0.4) is 0 Å². The zero-order valence-corrected chi connectivity index (χ0v) is 54.2. The standard InChI is InChI=1S/C28H27FN6O.C23H23F2N5.C23H21F2N5/c1-3-34-11-9-19(10-12-34)24-15-22-23(29)13-20(14-26(22)32-31-24)25-16-27(36-21-7-5-4-6-8-21)28-30-18(2)17-35(28)33-25;2*1-3-30-6-4-14(5-7-30)15-8-17-12-26-23(27-21(17)19(24)10-15)16-9-18-13-29(2)28-22(18)20(25)11-16/h4-8,13-17,19H,3,9-12H2,1-2H3;8-14H,3-7H2,1-2H3;4,6,8-14H,3,5,7H2,1-2H3. The summed E-state index contributed by atoms with van der Waals surface area (Å²) in [7, 11) is 3.48. The second-order valence-electron chi connectivity index (χ2n) is 25.1. The molecule has 13 aromatic rings. The maximum Gasteiger partial charge on any atom is 0.197 e. The predicted octanol–water partition coefficient (Wildman–Crippen LogP) is 15.2. The lowest BCUT2D eigenvalue weighted by Gasteiger charge is -2.31. The smallest absolute Gasteiger partial charge is 0.197 e. The second kappa shape index (κ2) is 26.9. The SMILES string of the molecule is CCN1C=CC(c2cc(F)c3nc(-c4cc(F)c5nn(C)cc5c4)ncc3c2)CC1.CCN1CCC(c2cc(F)c3nc(-c4cc(F)c5nn(C)cc5c4)ncc3c2)CC1.CCN1CCC(c2cc3c(F)cc(-c4cc(Oc5ccccc5)c5nc(C)cn5n4)cc3nn2)CC1. The summed E-state index contributed by atoms with van der Waals surface area (Å²) in [6, 6.07) is 29.9. The van der Waals surface area contributed by atoms with Crippen molar-refractivity contribution in [3.8, 4) is 45.5 Å². The van der Waals surface area contributed by atoms with E-state index in [9.17, 15) is 17.6 Å². The van der Waals surface area contributed by atoms with E-state index >= 15 is 4.39 Å². The lowest BCUT2D eigenvalue weighted by Crippen LogP contribution is -2.32. The van der Waals surface area contributed by atoms with Gasteiger partial charge in [0.2, 0.25) is 0 Å². The van der Waals surface area contributed by atoms with Gasteiger partial charge in [-0.3, -0.25) is 9.36 Å². The number of likely N-dealkylation sites (tertiary alicyclic amines) is 2. The number of ether oxygens (including phenoxy) is 1. The minimum atomic E-state index is -0.451. The van der Waals surface area contributed by atoms with Gasteiger partial charge in [-0.05, 0) is 187 Å². The van der Waals surface area contributed by atoms with Crippen LogP contribution in [0.1, 0.15) is 93.1 Å². The highest BCUT2D eigenvalue weighted by Gasteiger charge is 2.26. The first-order valence-electron chi connectivity index (χ1n) is 32.7. The van der Waals surface area contributed by atoms with Crippen LogP contribution in [0.15, 0.2) is 146 Å². The highest BCUT2D eigenvalue weighted by Crippen LogP contribution is 2.37. The van der Waals surface area contributed by atoms with Gasteiger partial charge in [-0.15, -0.1) is 0 Å². The van der Waals surface area contributed by atoms with Crippen LogP contribution in [0.2, 0.25) is 0 Å². The van der Waals surface area contributed by atoms with Crippen LogP contribution < -0.4 is 4.74 Å². The molecule has 3 aliphatic rings. The van der Waals surface area contributed by atoms with E-state index in [0.29, 0.717) is 101 Å². The number of nitrogens with zero attached hydrogens (tertiary/aromatic N) is 16. The molecule has 96 heavy (non-hydrogen) atoms. The quantitative estimate of drug-likeness (QED) is 0.112. The zero-order chi connectivity index (χ0) is 66.3. The Bertz CT molecular complexity index is 5080. The molecular formula is C74H71F5N16O. The summed E-state index contributed by atoms with van der Waals surface area (Å²) in [5.74, 6) is 0.687. The van der Waals surface area contributed by atoms with Gasteiger partial charge < -0.3 is 19.4 Å². The Morgan fingerprint density at radius 2 is 1.08 bits per heavy atom. The minimum Gasteiger partial charge on any atom is -0.453 e. The molecule has 17 nitrogen and oxygen atoms in total. The van der Waals surface area contributed by atoms with Crippen LogP contribution in [0.25, 0.3) is 94.2 Å². The molecule has 3 aliphatic heterocycles. The number of fused-ring (bicyclic) bond motifs is 6. The van der Waals surface area contributed by atoms with E-state index in [1.54, 1.807) is 83.1 Å². The van der Waals surface area contributed by atoms with Gasteiger partial charge in [0.15, 0.2) is 34.7 Å². The lowest BCUT2D eigenvalue weighted by molar-refractivity contribution is 0.220. The third-order valence-corrected chi connectivity index (χ3v) is 18.7. The first-order valence-corrected chi connectivity index (χ1v) is 32.7. The molecule has 0 aliphatic carbocycles. The molecule has 10 heterocycles. The molecule has 0 bridgehead atoms. The van der Waals surface area contributed by atoms with Gasteiger partial charge in [0.05, 0.1) is 28.8 Å². The number of aryl methyl sites for hydroxylation is 3. The van der Waals surface area contributed by atoms with Gasteiger partial charge >= 0.3 is 0 Å². The van der Waals surface area contributed by atoms with Gasteiger partial charge in [-0.2, -0.15) is 25.5 Å². The van der Waals surface area contributed by atoms with Crippen LogP contribution in [0.4, 0.5) is 22.0 Å². The molecule has 2 fully saturated rings. The number of para-hydroxylation sites is 1. The molecule has 0 N–H and O–H groups in total. The van der Waals surface area contributed by atoms with Crippen LogP contribution >= 0.6 is 0 Å². The van der Waals surface area contributed by atoms with Gasteiger partial charge in [-0.25, -0.2) is 51.4 Å². The summed E-state index contributed by atoms with van der Waals surface area (Å²) in [6.07, 6.45) is 17.8. The Labute approximate surface area is 550 Å². The summed E-state index contributed by atoms with van der Waals surface area (Å²) in [5, 5.41) is 24.9. The Kier molecular flexibility index (Phi) is 17.7. The van der Waals surface area contributed by atoms with Crippen molar-refractivity contribution >= 4 is 60.2 Å². The highest BCUT2D eigenvalue weighted by molar-refractivity contribution is 5.88. The van der Waals surface area contributed by atoms with E-state index in [-0.39, 0.29) is 40.2 Å². The van der Waals surface area contributed by atoms with Crippen molar-refractivity contribution in [3.63, 3.8) is 0 Å². The Morgan fingerprint density at radius 1 is 0.510 bits per heavy atom. The van der Waals surface area contributed by atoms with Crippen molar-refractivity contribution in [1.82, 2.24) is 79.0 Å². The molecule has 1 unspecified atom stereocenters. The van der Waals surface area contributed by atoms with Crippen LogP contribution in [-0.4, -0.2) is 131 Å². The average molecular weight is 1300 g/mol. The van der Waals surface area contributed by atoms with Crippen molar-refractivity contribution in [2.24, 2.45) is 14.1 Å². The number of hydrogen-bond acceptors (Lipinski definition) is 14. The second-order valence-corrected chi connectivity index (χ2v) is 25.1. The summed E-state index contributed by atoms with van der Waals surface area (Å²) >= 11 is 0. The van der Waals surface area contributed by atoms with Crippen molar-refractivity contribution in [1.29, 1.82) is 0 Å². The van der Waals surface area contributed by atoms with E-state index < -0.39 is 11.6 Å². The number of rotatable bonds is 11. The van der Waals surface area contributed by atoms with Crippen LogP contribution in [0, 0.1) is 36.0 Å². The fourth-order valence-corrected chi connectivity index (χ4v) is 13.4. The highest BCUT2D eigenvalue weighted by atomic mass is 19.1. The van der Waals surface area contributed by atoms with Gasteiger partial charge in [-0.1, -0.05) is 38.1 Å². The van der Waals surface area contributed by atoms with E-state index in [4.69, 9.17) is 4.74 Å². The third kappa shape index (κ3) is 13.2. The summed E-state index contributed by atoms with van der Waals surface area (Å²) < 4.78 is 85.2. The number of imidazole rings is 1. The normalized spacial score (nSPS) is 15.9. The summed E-state index contributed by atoms with van der Waals surface area (Å²) in [6.45, 7) is 16.6. The van der Waals surface area contributed by atoms with E-state index in [2.05, 4.69) is 98.2 Å². The average Bonchev–Trinajstić information content (AvgIpc) is 1.52. The lowest BCUT2D eigenvalue weighted by atomic mass is 9.88. The van der Waals surface area contributed by atoms with Crippen LogP contribution in [-0.2, 0) is 14.1 Å². The van der Waals surface area contributed by atoms with E-state index in [1.165, 1.54) is 18.2 Å². The van der Waals surface area contributed by atoms with Crippen molar-refractivity contribution in [2.45, 2.75) is 77.6 Å². The molecule has 0 saturated carbocycles. The van der Waals surface area contributed by atoms with Gasteiger partial charge in [0.25, 0.3) is 0 Å². The first kappa shape index (κ1) is 63.2. The van der Waals surface area contributed by atoms with Crippen molar-refractivity contribution < 1.29 is 26.7 Å². The number of halogens is 5. The molecule has 22 heteroatoms. The number of piperidine rings is 2. The predicted molar refractivity (Wildman–Crippen MR) is 363 cm³/mol. The molecule has 488 valence electrons. The molecular weight excluding hydrogens is 1220 g/mol. The Morgan fingerprint density at radius 3 is 1.67 bits per heavy atom. The van der Waals surface area contributed by atoms with Crippen molar-refractivity contribution in [3.05, 3.63) is 198 Å². The molecule has 7 aromatic heterocycles. The summed E-state index contributed by atoms with van der Waals surface area (Å²) in [5.41, 5.74) is 7.98. The molecule has 0 radical (unpaired) electrons. The maximum atomic E-state index is 15.4. The Hall–Kier alpha value is -10.2. The Balaban J connectivity index is 0.000000125. The topological polar surface area (TPSA) is 162 Å². The number of benzene rings is 6. The summed E-state index contributed by atoms with van der Waals surface area (Å²) in [4.78, 5) is 29.3. The van der Waals surface area contributed by atoms with Gasteiger partial charge in [0.1, 0.15) is 45.3 Å². The fraction of sp³-hybridized carbons (Fsp3) is 0.297. The largest absolute Gasteiger partial charge is 0.453 e. The van der Waals surface area contributed by atoms with E-state index in [0.717, 1.165) is 107 Å². The molecule has 2 saturated heterocycles. The third-order valence-electron chi connectivity index (χ3n) is 18.7. The van der Waals surface area contributed by atoms with E-state index in [1.807, 2.05) is 67.7 Å². The zero-order valence-electron chi connectivity index (χ0n) is 54.2. The molecule has 16 rings (SSSR count). The number of hydrogen-bond donors (Lipinski definition) is 0. The fourth-order valence-electron chi connectivity index (χ4n) is 13.4. The molecule has 0 spiro atoms. The minimum absolute atomic E-state index is 0.175. The first-order chi connectivity index (χ1) is 46.6. The van der Waals surface area contributed by atoms with Crippen LogP contribution in [0.5, 0.6) is 11.5 Å². The molecule has 1 atom stereocenters. The monoisotopic (exact) mass is 1290 g/mol. The number of allylic oxidation sites excluding steroid dienone is 1. The maximum absolute atomic E-state index is 15.4. The molecule has 6 aromatic carbocycles. The number of aromatic nitrogens is 13. The van der Waals surface area contributed by atoms with Crippen molar-refractivity contribution in [2.75, 3.05) is 52.4 Å². The molecule has 0 amide bonds. The van der Waals surface area contributed by atoms with Gasteiger partial charge in [0, 0.05) is 113 Å².